The molecule has 2 heterocycles. The molecule has 1 atom stereocenters. The second-order valence-electron chi connectivity index (χ2n) is 6.00. The van der Waals surface area contributed by atoms with Crippen LogP contribution in [0.15, 0.2) is 45.9 Å². The molecular weight excluding hydrogens is 420 g/mol. The summed E-state index contributed by atoms with van der Waals surface area (Å²) in [5.74, 6) is 0.438. The summed E-state index contributed by atoms with van der Waals surface area (Å²) in [6.45, 7) is 2.60. The number of carbonyl (C=O) groups is 1. The van der Waals surface area contributed by atoms with Crippen LogP contribution in [0.5, 0.6) is 0 Å². The van der Waals surface area contributed by atoms with Crippen molar-refractivity contribution in [3.8, 4) is 0 Å². The molecule has 1 saturated heterocycles. The third kappa shape index (κ3) is 3.74. The van der Waals surface area contributed by atoms with Gasteiger partial charge in [-0.1, -0.05) is 15.9 Å². The van der Waals surface area contributed by atoms with Gasteiger partial charge in [0.05, 0.1) is 0 Å². The van der Waals surface area contributed by atoms with E-state index in [1.54, 1.807) is 11.0 Å². The summed E-state index contributed by atoms with van der Waals surface area (Å²) in [5.41, 5.74) is 1.93. The zero-order valence-electron chi connectivity index (χ0n) is 14.4. The molecule has 7 nitrogen and oxygen atoms in total. The molecule has 9 heteroatoms. The number of halogens is 1. The molecule has 1 aromatic heterocycles. The van der Waals surface area contributed by atoms with Gasteiger partial charge in [-0.05, 0) is 56.3 Å². The number of nitrogens with one attached hydrogen (secondary N) is 2. The average molecular weight is 439 g/mol. The first-order valence-electron chi connectivity index (χ1n) is 8.05. The van der Waals surface area contributed by atoms with E-state index in [9.17, 15) is 13.2 Å². The first kappa shape index (κ1) is 18.8. The van der Waals surface area contributed by atoms with Gasteiger partial charge in [-0.15, -0.1) is 0 Å². The van der Waals surface area contributed by atoms with Gasteiger partial charge in [-0.25, -0.2) is 18.1 Å². The summed E-state index contributed by atoms with van der Waals surface area (Å²) in [4.78, 5) is 18.6. The summed E-state index contributed by atoms with van der Waals surface area (Å²) in [6.07, 6.45) is 1.91. The number of aryl methyl sites for hydroxylation is 1. The van der Waals surface area contributed by atoms with E-state index in [1.807, 2.05) is 25.1 Å². The monoisotopic (exact) mass is 438 g/mol. The zero-order valence-corrected chi connectivity index (χ0v) is 16.8. The van der Waals surface area contributed by atoms with Crippen molar-refractivity contribution in [1.82, 2.24) is 9.71 Å². The van der Waals surface area contributed by atoms with Crippen molar-refractivity contribution in [2.45, 2.75) is 24.3 Å². The van der Waals surface area contributed by atoms with Crippen LogP contribution >= 0.6 is 15.9 Å². The van der Waals surface area contributed by atoms with Crippen molar-refractivity contribution in [3.63, 3.8) is 0 Å². The molecule has 1 amide bonds. The van der Waals surface area contributed by atoms with Crippen LogP contribution in [0.2, 0.25) is 0 Å². The summed E-state index contributed by atoms with van der Waals surface area (Å²) in [6, 6.07) is 8.44. The number of hydrogen-bond acceptors (Lipinski definition) is 5. The third-order valence-electron chi connectivity index (χ3n) is 4.30. The number of pyridine rings is 1. The second-order valence-corrected chi connectivity index (χ2v) is 8.74. The van der Waals surface area contributed by atoms with Crippen LogP contribution in [-0.4, -0.2) is 38.9 Å². The lowest BCUT2D eigenvalue weighted by molar-refractivity contribution is -0.117. The van der Waals surface area contributed by atoms with Gasteiger partial charge in [0.1, 0.15) is 16.8 Å². The SMILES string of the molecule is CNS(=O)(=O)c1ccc(NC2CCN(c3ccc(Br)c(C)c3)C2=O)nc1. The van der Waals surface area contributed by atoms with E-state index in [4.69, 9.17) is 0 Å². The van der Waals surface area contributed by atoms with Gasteiger partial charge in [-0.3, -0.25) is 4.79 Å². The second kappa shape index (κ2) is 7.34. The lowest BCUT2D eigenvalue weighted by Gasteiger charge is -2.18. The van der Waals surface area contributed by atoms with Crippen molar-refractivity contribution in [3.05, 3.63) is 46.6 Å². The van der Waals surface area contributed by atoms with E-state index >= 15 is 0 Å². The Morgan fingerprint density at radius 2 is 2.04 bits per heavy atom. The Balaban J connectivity index is 1.72. The minimum Gasteiger partial charge on any atom is -0.358 e. The molecule has 1 aromatic carbocycles. The van der Waals surface area contributed by atoms with Crippen molar-refractivity contribution < 1.29 is 13.2 Å². The molecule has 0 bridgehead atoms. The highest BCUT2D eigenvalue weighted by molar-refractivity contribution is 9.10. The number of benzene rings is 1. The van der Waals surface area contributed by atoms with Gasteiger partial charge in [0, 0.05) is 22.9 Å². The lowest BCUT2D eigenvalue weighted by Crippen LogP contribution is -2.33. The Labute approximate surface area is 161 Å². The molecule has 26 heavy (non-hydrogen) atoms. The standard InChI is InChI=1S/C17H19BrN4O3S/c1-11-9-12(3-5-14(11)18)22-8-7-15(17(22)23)21-16-6-4-13(10-20-16)26(24,25)19-2/h3-6,9-10,15,19H,7-8H2,1-2H3,(H,20,21). The van der Waals surface area contributed by atoms with Crippen LogP contribution in [0.3, 0.4) is 0 Å². The van der Waals surface area contributed by atoms with Crippen molar-refractivity contribution in [1.29, 1.82) is 0 Å². The normalized spacial score (nSPS) is 17.6. The lowest BCUT2D eigenvalue weighted by atomic mass is 10.2. The number of aromatic nitrogens is 1. The van der Waals surface area contributed by atoms with Crippen LogP contribution < -0.4 is 14.9 Å². The Kier molecular flexibility index (Phi) is 5.31. The molecule has 138 valence electrons. The molecular formula is C17H19BrN4O3S. The van der Waals surface area contributed by atoms with Gasteiger partial charge in [0.15, 0.2) is 0 Å². The predicted octanol–water partition coefficient (Wildman–Crippen LogP) is 2.28. The Hall–Kier alpha value is -1.97. The highest BCUT2D eigenvalue weighted by atomic mass is 79.9. The molecule has 1 fully saturated rings. The molecule has 1 aliphatic rings. The summed E-state index contributed by atoms with van der Waals surface area (Å²) in [5, 5.41) is 3.09. The van der Waals surface area contributed by atoms with Gasteiger partial charge in [0.2, 0.25) is 15.9 Å². The molecule has 0 spiro atoms. The molecule has 0 saturated carbocycles. The van der Waals surface area contributed by atoms with Gasteiger partial charge < -0.3 is 10.2 Å². The third-order valence-corrected chi connectivity index (χ3v) is 6.59. The summed E-state index contributed by atoms with van der Waals surface area (Å²) in [7, 11) is -2.18. The first-order chi connectivity index (χ1) is 12.3. The van der Waals surface area contributed by atoms with Gasteiger partial charge >= 0.3 is 0 Å². The quantitative estimate of drug-likeness (QED) is 0.746. The molecule has 2 aromatic rings. The van der Waals surface area contributed by atoms with Crippen LogP contribution in [0.25, 0.3) is 0 Å². The maximum absolute atomic E-state index is 12.7. The van der Waals surface area contributed by atoms with Gasteiger partial charge in [0.25, 0.3) is 0 Å². The smallest absolute Gasteiger partial charge is 0.249 e. The largest absolute Gasteiger partial charge is 0.358 e. The minimum atomic E-state index is -3.52. The number of anilines is 2. The molecule has 1 unspecified atom stereocenters. The highest BCUT2D eigenvalue weighted by Crippen LogP contribution is 2.27. The fourth-order valence-corrected chi connectivity index (χ4v) is 3.71. The highest BCUT2D eigenvalue weighted by Gasteiger charge is 2.32. The van der Waals surface area contributed by atoms with E-state index in [-0.39, 0.29) is 10.8 Å². The number of hydrogen-bond donors (Lipinski definition) is 2. The van der Waals surface area contributed by atoms with Crippen molar-refractivity contribution >= 4 is 43.4 Å². The van der Waals surface area contributed by atoms with Crippen molar-refractivity contribution in [2.75, 3.05) is 23.8 Å². The van der Waals surface area contributed by atoms with Crippen LogP contribution in [0, 0.1) is 6.92 Å². The number of rotatable bonds is 5. The van der Waals surface area contributed by atoms with Crippen molar-refractivity contribution in [2.24, 2.45) is 0 Å². The predicted molar refractivity (Wildman–Crippen MR) is 104 cm³/mol. The van der Waals surface area contributed by atoms with Crippen LogP contribution in [-0.2, 0) is 14.8 Å². The topological polar surface area (TPSA) is 91.4 Å². The average Bonchev–Trinajstić information content (AvgIpc) is 2.98. The van der Waals surface area contributed by atoms with E-state index in [0.717, 1.165) is 15.7 Å². The maximum Gasteiger partial charge on any atom is 0.249 e. The van der Waals surface area contributed by atoms with Crippen LogP contribution in [0.4, 0.5) is 11.5 Å². The Bertz CT molecular complexity index is 932. The summed E-state index contributed by atoms with van der Waals surface area (Å²) >= 11 is 3.46. The Morgan fingerprint density at radius 1 is 1.27 bits per heavy atom. The first-order valence-corrected chi connectivity index (χ1v) is 10.3. The number of sulfonamides is 1. The molecule has 0 radical (unpaired) electrons. The van der Waals surface area contributed by atoms with E-state index in [2.05, 4.69) is 31.0 Å². The molecule has 0 aliphatic carbocycles. The fraction of sp³-hybridized carbons (Fsp3) is 0.294. The van der Waals surface area contributed by atoms with E-state index in [0.29, 0.717) is 18.8 Å². The molecule has 3 rings (SSSR count). The number of amides is 1. The minimum absolute atomic E-state index is 0.0274. The van der Waals surface area contributed by atoms with E-state index in [1.165, 1.54) is 19.3 Å². The number of carbonyl (C=O) groups excluding carboxylic acids is 1. The molecule has 2 N–H and O–H groups in total. The van der Waals surface area contributed by atoms with E-state index < -0.39 is 16.1 Å². The zero-order chi connectivity index (χ0) is 18.9. The van der Waals surface area contributed by atoms with Crippen LogP contribution in [0.1, 0.15) is 12.0 Å². The van der Waals surface area contributed by atoms with Gasteiger partial charge in [-0.2, -0.15) is 0 Å². The summed E-state index contributed by atoms with van der Waals surface area (Å²) < 4.78 is 26.7. The Morgan fingerprint density at radius 3 is 2.65 bits per heavy atom. The molecule has 1 aliphatic heterocycles. The maximum atomic E-state index is 12.7. The number of nitrogens with zero attached hydrogens (tertiary/aromatic N) is 2. The fourth-order valence-electron chi connectivity index (χ4n) is 2.79.